The fourth-order valence-corrected chi connectivity index (χ4v) is 3.73. The highest BCUT2D eigenvalue weighted by Crippen LogP contribution is 2.37. The van der Waals surface area contributed by atoms with Crippen LogP contribution in [0.4, 0.5) is 0 Å². The summed E-state index contributed by atoms with van der Waals surface area (Å²) in [6, 6.07) is 0. The molecule has 114 valence electrons. The van der Waals surface area contributed by atoms with Gasteiger partial charge in [0.25, 0.3) is 0 Å². The summed E-state index contributed by atoms with van der Waals surface area (Å²) >= 11 is 0. The van der Waals surface area contributed by atoms with Crippen LogP contribution in [-0.2, 0) is 9.59 Å². The monoisotopic (exact) mass is 282 g/mol. The molecule has 0 aliphatic heterocycles. The van der Waals surface area contributed by atoms with Crippen LogP contribution in [0.25, 0.3) is 0 Å². The van der Waals surface area contributed by atoms with Crippen molar-refractivity contribution in [3.63, 3.8) is 0 Å². The Kier molecular flexibility index (Phi) is 4.37. The Labute approximate surface area is 120 Å². The van der Waals surface area contributed by atoms with E-state index in [2.05, 4.69) is 0 Å². The molecule has 0 radical (unpaired) electrons. The van der Waals surface area contributed by atoms with Crippen molar-refractivity contribution in [1.82, 2.24) is 4.90 Å². The number of amides is 2. The van der Waals surface area contributed by atoms with Gasteiger partial charge in [0, 0.05) is 7.05 Å². The number of carbonyl (C=O) groups is 2. The Morgan fingerprint density at radius 2 is 1.55 bits per heavy atom. The van der Waals surface area contributed by atoms with Gasteiger partial charge in [0.1, 0.15) is 5.54 Å². The van der Waals surface area contributed by atoms with Gasteiger partial charge in [-0.05, 0) is 25.7 Å². The topological polar surface area (TPSA) is 83.6 Å². The molecule has 5 nitrogen and oxygen atoms in total. The van der Waals surface area contributed by atoms with Gasteiger partial charge < -0.3 is 15.7 Å². The quantitative estimate of drug-likeness (QED) is 0.816. The third-order valence-electron chi connectivity index (χ3n) is 5.17. The van der Waals surface area contributed by atoms with E-state index in [1.54, 1.807) is 7.05 Å². The van der Waals surface area contributed by atoms with E-state index in [4.69, 9.17) is 5.73 Å². The van der Waals surface area contributed by atoms with Gasteiger partial charge >= 0.3 is 0 Å². The number of rotatable bonds is 4. The molecule has 0 heterocycles. The summed E-state index contributed by atoms with van der Waals surface area (Å²) in [5.41, 5.74) is 3.82. The molecule has 5 heteroatoms. The van der Waals surface area contributed by atoms with Crippen LogP contribution < -0.4 is 5.73 Å². The highest BCUT2D eigenvalue weighted by molar-refractivity contribution is 5.90. The third-order valence-corrected chi connectivity index (χ3v) is 5.17. The van der Waals surface area contributed by atoms with Gasteiger partial charge in [0.15, 0.2) is 0 Å². The molecule has 0 bridgehead atoms. The lowest BCUT2D eigenvalue weighted by atomic mass is 9.81. The van der Waals surface area contributed by atoms with E-state index >= 15 is 0 Å². The zero-order chi connectivity index (χ0) is 14.8. The van der Waals surface area contributed by atoms with Crippen LogP contribution in [0, 0.1) is 0 Å². The van der Waals surface area contributed by atoms with Gasteiger partial charge in [-0.15, -0.1) is 0 Å². The fraction of sp³-hybridized carbons (Fsp3) is 0.867. The van der Waals surface area contributed by atoms with Gasteiger partial charge in [-0.2, -0.15) is 0 Å². The highest BCUT2D eigenvalue weighted by atomic mass is 16.3. The lowest BCUT2D eigenvalue weighted by molar-refractivity contribution is -0.148. The molecular formula is C15H26N2O3. The zero-order valence-electron chi connectivity index (χ0n) is 12.4. The second-order valence-corrected chi connectivity index (χ2v) is 6.52. The minimum atomic E-state index is -0.888. The van der Waals surface area contributed by atoms with Gasteiger partial charge in [-0.25, -0.2) is 0 Å². The van der Waals surface area contributed by atoms with E-state index in [0.29, 0.717) is 25.7 Å². The van der Waals surface area contributed by atoms with E-state index in [9.17, 15) is 14.7 Å². The van der Waals surface area contributed by atoms with Gasteiger partial charge in [-0.1, -0.05) is 32.1 Å². The van der Waals surface area contributed by atoms with Crippen molar-refractivity contribution in [1.29, 1.82) is 0 Å². The first-order chi connectivity index (χ1) is 9.40. The van der Waals surface area contributed by atoms with E-state index in [1.165, 1.54) is 4.90 Å². The molecule has 0 spiro atoms. The molecular weight excluding hydrogens is 256 g/mol. The summed E-state index contributed by atoms with van der Waals surface area (Å²) in [5.74, 6) is -0.573. The SMILES string of the molecule is CN(C(=O)CC1(O)CCCCC1)C1(C(N)=O)CCCC1. The summed E-state index contributed by atoms with van der Waals surface area (Å²) in [7, 11) is 1.66. The maximum atomic E-state index is 12.5. The summed E-state index contributed by atoms with van der Waals surface area (Å²) < 4.78 is 0. The normalized spacial score (nSPS) is 24.3. The van der Waals surface area contributed by atoms with E-state index in [-0.39, 0.29) is 12.3 Å². The molecule has 2 rings (SSSR count). The first-order valence-electron chi connectivity index (χ1n) is 7.69. The summed E-state index contributed by atoms with van der Waals surface area (Å²) in [6.07, 6.45) is 7.65. The number of nitrogens with two attached hydrogens (primary N) is 1. The van der Waals surface area contributed by atoms with Crippen molar-refractivity contribution >= 4 is 11.8 Å². The number of carbonyl (C=O) groups excluding carboxylic acids is 2. The summed E-state index contributed by atoms with van der Waals surface area (Å²) in [5, 5.41) is 10.5. The second-order valence-electron chi connectivity index (χ2n) is 6.52. The highest BCUT2D eigenvalue weighted by Gasteiger charge is 2.46. The molecule has 0 atom stereocenters. The van der Waals surface area contributed by atoms with Crippen molar-refractivity contribution in [2.75, 3.05) is 7.05 Å². The maximum Gasteiger partial charge on any atom is 0.243 e. The van der Waals surface area contributed by atoms with Crippen LogP contribution in [0.5, 0.6) is 0 Å². The van der Waals surface area contributed by atoms with Crippen LogP contribution >= 0.6 is 0 Å². The van der Waals surface area contributed by atoms with Crippen LogP contribution in [0.15, 0.2) is 0 Å². The minimum absolute atomic E-state index is 0.110. The molecule has 0 aromatic rings. The zero-order valence-corrected chi connectivity index (χ0v) is 12.4. The standard InChI is InChI=1S/C15H26N2O3/c1-17(15(13(16)19)9-5-6-10-15)12(18)11-14(20)7-3-2-4-8-14/h20H,2-11H2,1H3,(H2,16,19). The molecule has 0 unspecified atom stereocenters. The van der Waals surface area contributed by atoms with Crippen molar-refractivity contribution in [3.8, 4) is 0 Å². The predicted octanol–water partition coefficient (Wildman–Crippen LogP) is 1.33. The average Bonchev–Trinajstić information content (AvgIpc) is 2.88. The minimum Gasteiger partial charge on any atom is -0.389 e. The first-order valence-corrected chi connectivity index (χ1v) is 7.69. The Morgan fingerprint density at radius 1 is 1.05 bits per heavy atom. The molecule has 0 aromatic carbocycles. The smallest absolute Gasteiger partial charge is 0.243 e. The van der Waals surface area contributed by atoms with Crippen molar-refractivity contribution in [3.05, 3.63) is 0 Å². The van der Waals surface area contributed by atoms with Gasteiger partial charge in [0.05, 0.1) is 12.0 Å². The number of aliphatic hydroxyl groups is 1. The number of hydrogen-bond acceptors (Lipinski definition) is 3. The lowest BCUT2D eigenvalue weighted by Crippen LogP contribution is -2.57. The van der Waals surface area contributed by atoms with Gasteiger partial charge in [0.2, 0.25) is 11.8 Å². The van der Waals surface area contributed by atoms with Crippen LogP contribution in [-0.4, -0.2) is 40.0 Å². The number of nitrogens with zero attached hydrogens (tertiary/aromatic N) is 1. The van der Waals surface area contributed by atoms with E-state index in [1.807, 2.05) is 0 Å². The average molecular weight is 282 g/mol. The number of likely N-dealkylation sites (N-methyl/N-ethyl adjacent to an activating group) is 1. The molecule has 0 saturated heterocycles. The van der Waals surface area contributed by atoms with Crippen LogP contribution in [0.3, 0.4) is 0 Å². The molecule has 2 saturated carbocycles. The Morgan fingerprint density at radius 3 is 2.05 bits per heavy atom. The van der Waals surface area contributed by atoms with Crippen molar-refractivity contribution < 1.29 is 14.7 Å². The Hall–Kier alpha value is -1.10. The second kappa shape index (κ2) is 5.72. The van der Waals surface area contributed by atoms with E-state index < -0.39 is 17.0 Å². The largest absolute Gasteiger partial charge is 0.389 e. The molecule has 2 amide bonds. The Bertz CT molecular complexity index is 383. The number of hydrogen-bond donors (Lipinski definition) is 2. The van der Waals surface area contributed by atoms with Gasteiger partial charge in [-0.3, -0.25) is 9.59 Å². The third kappa shape index (κ3) is 2.82. The predicted molar refractivity (Wildman–Crippen MR) is 75.8 cm³/mol. The fourth-order valence-electron chi connectivity index (χ4n) is 3.73. The first kappa shape index (κ1) is 15.3. The Balaban J connectivity index is 2.05. The van der Waals surface area contributed by atoms with Crippen molar-refractivity contribution in [2.24, 2.45) is 5.73 Å². The van der Waals surface area contributed by atoms with Crippen molar-refractivity contribution in [2.45, 2.75) is 75.3 Å². The van der Waals surface area contributed by atoms with Crippen LogP contribution in [0.1, 0.15) is 64.2 Å². The summed E-state index contributed by atoms with van der Waals surface area (Å²) in [6.45, 7) is 0. The molecule has 2 aliphatic rings. The molecule has 2 aliphatic carbocycles. The van der Waals surface area contributed by atoms with Crippen LogP contribution in [0.2, 0.25) is 0 Å². The maximum absolute atomic E-state index is 12.5. The molecule has 0 aromatic heterocycles. The molecule has 20 heavy (non-hydrogen) atoms. The molecule has 2 fully saturated rings. The molecule has 3 N–H and O–H groups in total. The number of primary amides is 1. The summed E-state index contributed by atoms with van der Waals surface area (Å²) in [4.78, 5) is 25.8. The lowest BCUT2D eigenvalue weighted by Gasteiger charge is -2.39. The van der Waals surface area contributed by atoms with E-state index in [0.717, 1.165) is 32.1 Å².